The molecule has 1 heterocycles. The summed E-state index contributed by atoms with van der Waals surface area (Å²) in [5.41, 5.74) is 4.82. The van der Waals surface area contributed by atoms with E-state index in [1.165, 1.54) is 16.8 Å². The predicted octanol–water partition coefficient (Wildman–Crippen LogP) is 3.51. The Kier molecular flexibility index (Phi) is 3.83. The van der Waals surface area contributed by atoms with E-state index in [9.17, 15) is 10.1 Å². The highest BCUT2D eigenvalue weighted by atomic mass is 16.6. The Bertz CT molecular complexity index is 759. The molecule has 0 spiro atoms. The van der Waals surface area contributed by atoms with Crippen LogP contribution in [0.25, 0.3) is 6.08 Å². The zero-order valence-corrected chi connectivity index (χ0v) is 12.4. The highest BCUT2D eigenvalue weighted by molar-refractivity contribution is 6.12. The molecule has 3 rings (SSSR count). The number of nitrogens with zero attached hydrogens (tertiary/aromatic N) is 2. The van der Waals surface area contributed by atoms with E-state index < -0.39 is 0 Å². The molecule has 0 fully saturated rings. The fourth-order valence-electron chi connectivity index (χ4n) is 2.80. The second kappa shape index (κ2) is 5.93. The summed E-state index contributed by atoms with van der Waals surface area (Å²) in [5.74, 6) is 0. The van der Waals surface area contributed by atoms with Gasteiger partial charge >= 0.3 is 0 Å². The number of benzene rings is 2. The summed E-state index contributed by atoms with van der Waals surface area (Å²) >= 11 is 0. The van der Waals surface area contributed by atoms with Crippen LogP contribution in [-0.4, -0.2) is 28.8 Å². The van der Waals surface area contributed by atoms with Crippen LogP contribution in [-0.2, 0) is 0 Å². The van der Waals surface area contributed by atoms with E-state index in [1.54, 1.807) is 24.3 Å². The molecule has 0 radical (unpaired) electrons. The van der Waals surface area contributed by atoms with E-state index >= 15 is 0 Å². The molecular weight excluding hydrogens is 276 g/mol. The molecule has 0 aromatic heterocycles. The lowest BCUT2D eigenvalue weighted by molar-refractivity contribution is -0.488. The summed E-state index contributed by atoms with van der Waals surface area (Å²) in [7, 11) is 2.10. The van der Waals surface area contributed by atoms with Crippen molar-refractivity contribution in [3.8, 4) is 0 Å². The Morgan fingerprint density at radius 3 is 2.41 bits per heavy atom. The van der Waals surface area contributed by atoms with E-state index in [0.29, 0.717) is 0 Å². The molecule has 2 aromatic carbocycles. The third-order valence-electron chi connectivity index (χ3n) is 3.89. The minimum absolute atomic E-state index is 0.123. The molecule has 0 N–H and O–H groups in total. The van der Waals surface area contributed by atoms with Crippen molar-refractivity contribution >= 4 is 17.5 Å². The first-order chi connectivity index (χ1) is 10.6. The Morgan fingerprint density at radius 2 is 1.77 bits per heavy atom. The molecule has 110 valence electrons. The minimum Gasteiger partial charge on any atom is -0.258 e. The van der Waals surface area contributed by atoms with Crippen molar-refractivity contribution in [2.45, 2.75) is 6.42 Å². The third-order valence-corrected chi connectivity index (χ3v) is 3.89. The van der Waals surface area contributed by atoms with Crippen LogP contribution in [0.4, 0.5) is 5.69 Å². The van der Waals surface area contributed by atoms with E-state index in [2.05, 4.69) is 29.8 Å². The lowest BCUT2D eigenvalue weighted by Crippen LogP contribution is -2.11. The Hall–Kier alpha value is -2.75. The molecule has 0 amide bonds. The van der Waals surface area contributed by atoms with Gasteiger partial charge in [-0.3, -0.25) is 10.1 Å². The molecule has 1 aliphatic heterocycles. The Labute approximate surface area is 129 Å². The maximum absolute atomic E-state index is 10.7. The topological polar surface area (TPSA) is 46.1 Å². The summed E-state index contributed by atoms with van der Waals surface area (Å²) in [5, 5.41) is 10.7. The largest absolute Gasteiger partial charge is 0.269 e. The first kappa shape index (κ1) is 14.2. The monoisotopic (exact) mass is 293 g/mol. The van der Waals surface area contributed by atoms with Gasteiger partial charge in [-0.25, -0.2) is 4.58 Å². The van der Waals surface area contributed by atoms with Gasteiger partial charge in [-0.2, -0.15) is 0 Å². The van der Waals surface area contributed by atoms with Crippen LogP contribution in [0, 0.1) is 10.1 Å². The average molecular weight is 293 g/mol. The molecule has 4 heteroatoms. The van der Waals surface area contributed by atoms with Crippen LogP contribution in [0.15, 0.2) is 60.2 Å². The van der Waals surface area contributed by atoms with Crippen LogP contribution in [0.3, 0.4) is 0 Å². The van der Waals surface area contributed by atoms with Crippen molar-refractivity contribution in [2.24, 2.45) is 0 Å². The highest BCUT2D eigenvalue weighted by Gasteiger charge is 2.26. The van der Waals surface area contributed by atoms with Crippen molar-refractivity contribution < 1.29 is 9.50 Å². The Morgan fingerprint density at radius 1 is 1.09 bits per heavy atom. The normalized spacial score (nSPS) is 16.3. The van der Waals surface area contributed by atoms with Crippen LogP contribution >= 0.6 is 0 Å². The molecule has 0 bridgehead atoms. The molecule has 4 nitrogen and oxygen atoms in total. The first-order valence-electron chi connectivity index (χ1n) is 7.24. The first-order valence-corrected chi connectivity index (χ1v) is 7.24. The summed E-state index contributed by atoms with van der Waals surface area (Å²) < 4.78 is 2.26. The number of hydrogen-bond donors (Lipinski definition) is 0. The molecule has 22 heavy (non-hydrogen) atoms. The number of nitro groups is 1. The van der Waals surface area contributed by atoms with Crippen LogP contribution < -0.4 is 0 Å². The molecular formula is C18H17N2O2+. The maximum atomic E-state index is 10.7. The third kappa shape index (κ3) is 2.81. The van der Waals surface area contributed by atoms with Crippen molar-refractivity contribution in [2.75, 3.05) is 13.6 Å². The summed E-state index contributed by atoms with van der Waals surface area (Å²) in [6, 6.07) is 17.0. The predicted molar refractivity (Wildman–Crippen MR) is 87.3 cm³/mol. The fraction of sp³-hybridized carbons (Fsp3) is 0.167. The summed E-state index contributed by atoms with van der Waals surface area (Å²) in [6.45, 7) is 0.989. The van der Waals surface area contributed by atoms with Gasteiger partial charge in [-0.15, -0.1) is 0 Å². The number of non-ortho nitro benzene ring substituents is 1. The molecule has 0 atom stereocenters. The summed E-state index contributed by atoms with van der Waals surface area (Å²) in [4.78, 5) is 10.3. The van der Waals surface area contributed by atoms with Crippen LogP contribution in [0.5, 0.6) is 0 Å². The maximum Gasteiger partial charge on any atom is 0.269 e. The van der Waals surface area contributed by atoms with E-state index in [-0.39, 0.29) is 10.6 Å². The van der Waals surface area contributed by atoms with E-state index in [0.717, 1.165) is 18.5 Å². The van der Waals surface area contributed by atoms with Crippen LogP contribution in [0.2, 0.25) is 0 Å². The van der Waals surface area contributed by atoms with Gasteiger partial charge < -0.3 is 0 Å². The number of hydrogen-bond acceptors (Lipinski definition) is 2. The second-order valence-electron chi connectivity index (χ2n) is 5.40. The van der Waals surface area contributed by atoms with Gasteiger partial charge in [0, 0.05) is 29.7 Å². The second-order valence-corrected chi connectivity index (χ2v) is 5.40. The summed E-state index contributed by atoms with van der Waals surface area (Å²) in [6.07, 6.45) is 3.10. The average Bonchev–Trinajstić information content (AvgIpc) is 2.89. The van der Waals surface area contributed by atoms with Gasteiger partial charge in [0.15, 0.2) is 0 Å². The number of rotatable bonds is 3. The van der Waals surface area contributed by atoms with Gasteiger partial charge in [-0.1, -0.05) is 18.2 Å². The van der Waals surface area contributed by atoms with Crippen LogP contribution in [0.1, 0.15) is 17.5 Å². The lowest BCUT2D eigenvalue weighted by atomic mass is 10.00. The molecule has 1 aliphatic rings. The Balaban J connectivity index is 1.95. The van der Waals surface area contributed by atoms with Crippen molar-refractivity contribution in [1.82, 2.24) is 0 Å². The molecule has 0 unspecified atom stereocenters. The standard InChI is InChI=1S/C18H17N2O2/c1-19-12-11-16(18(19)15-5-3-2-4-6-15)13-14-7-9-17(10-8-14)20(21)22/h2-10,13H,11-12H2,1H3/q+1/b16-13+. The van der Waals surface area contributed by atoms with Gasteiger partial charge in [0.2, 0.25) is 5.71 Å². The quantitative estimate of drug-likeness (QED) is 0.494. The fourth-order valence-corrected chi connectivity index (χ4v) is 2.80. The van der Waals surface area contributed by atoms with E-state index in [1.807, 2.05) is 18.2 Å². The SMILES string of the molecule is C[N+]1=C(c2ccccc2)/C(=C/c2ccc([N+](=O)[O-])cc2)CC1. The van der Waals surface area contributed by atoms with Gasteiger partial charge in [0.25, 0.3) is 5.69 Å². The molecule has 0 saturated heterocycles. The minimum atomic E-state index is -0.373. The van der Waals surface area contributed by atoms with Crippen molar-refractivity contribution in [1.29, 1.82) is 0 Å². The molecule has 0 saturated carbocycles. The van der Waals surface area contributed by atoms with Gasteiger partial charge in [0.1, 0.15) is 13.6 Å². The van der Waals surface area contributed by atoms with Crippen molar-refractivity contribution in [3.63, 3.8) is 0 Å². The smallest absolute Gasteiger partial charge is 0.258 e. The molecule has 0 aliphatic carbocycles. The zero-order chi connectivity index (χ0) is 15.5. The van der Waals surface area contributed by atoms with Gasteiger partial charge in [0.05, 0.1) is 4.92 Å². The molecule has 2 aromatic rings. The lowest BCUT2D eigenvalue weighted by Gasteiger charge is -2.01. The van der Waals surface area contributed by atoms with Crippen molar-refractivity contribution in [3.05, 3.63) is 81.4 Å². The zero-order valence-electron chi connectivity index (χ0n) is 12.4. The van der Waals surface area contributed by atoms with E-state index in [4.69, 9.17) is 0 Å². The highest BCUT2D eigenvalue weighted by Crippen LogP contribution is 2.22. The number of nitro benzene ring substituents is 1. The van der Waals surface area contributed by atoms with Gasteiger partial charge in [-0.05, 0) is 35.9 Å².